The van der Waals surface area contributed by atoms with Crippen LogP contribution in [0.2, 0.25) is 0 Å². The van der Waals surface area contributed by atoms with Crippen molar-refractivity contribution in [3.63, 3.8) is 0 Å². The molecule has 0 saturated heterocycles. The zero-order valence-corrected chi connectivity index (χ0v) is 10.8. The quantitative estimate of drug-likeness (QED) is 0.904. The van der Waals surface area contributed by atoms with Gasteiger partial charge in [-0.25, -0.2) is 4.98 Å². The summed E-state index contributed by atoms with van der Waals surface area (Å²) in [6.45, 7) is 2.12. The number of aryl methyl sites for hydroxylation is 1. The highest BCUT2D eigenvalue weighted by molar-refractivity contribution is 7.16. The molecule has 1 fully saturated rings. The van der Waals surface area contributed by atoms with Gasteiger partial charge in [-0.3, -0.25) is 0 Å². The van der Waals surface area contributed by atoms with Crippen LogP contribution >= 0.6 is 22.7 Å². The first-order chi connectivity index (χ1) is 7.74. The minimum absolute atomic E-state index is 0.166. The standard InChI is InChI=1S/C12H14N2S2/c1-7-2-5-10(16-7)9-6-15-12(14-9)11(13)8-3-4-8/h2,5-6,8,11H,3-4,13H2,1H3. The Morgan fingerprint density at radius 2 is 2.25 bits per heavy atom. The maximum Gasteiger partial charge on any atom is 0.110 e. The smallest absolute Gasteiger partial charge is 0.110 e. The number of thiazole rings is 1. The minimum Gasteiger partial charge on any atom is -0.322 e. The van der Waals surface area contributed by atoms with E-state index in [9.17, 15) is 0 Å². The van der Waals surface area contributed by atoms with Crippen molar-refractivity contribution < 1.29 is 0 Å². The van der Waals surface area contributed by atoms with Crippen LogP contribution in [0.1, 0.15) is 28.8 Å². The van der Waals surface area contributed by atoms with E-state index in [2.05, 4.69) is 29.4 Å². The Balaban J connectivity index is 1.86. The molecule has 1 saturated carbocycles. The highest BCUT2D eigenvalue weighted by Crippen LogP contribution is 2.41. The normalized spacial score (nSPS) is 17.6. The van der Waals surface area contributed by atoms with Crippen molar-refractivity contribution in [1.82, 2.24) is 4.98 Å². The number of thiophene rings is 1. The average molecular weight is 250 g/mol. The van der Waals surface area contributed by atoms with Gasteiger partial charge in [0, 0.05) is 10.3 Å². The number of hydrogen-bond acceptors (Lipinski definition) is 4. The van der Waals surface area contributed by atoms with Crippen molar-refractivity contribution in [1.29, 1.82) is 0 Å². The van der Waals surface area contributed by atoms with Gasteiger partial charge in [-0.05, 0) is 37.8 Å². The lowest BCUT2D eigenvalue weighted by Crippen LogP contribution is -2.11. The van der Waals surface area contributed by atoms with Gasteiger partial charge in [-0.1, -0.05) is 0 Å². The fourth-order valence-electron chi connectivity index (χ4n) is 1.78. The van der Waals surface area contributed by atoms with Crippen LogP contribution in [0.5, 0.6) is 0 Å². The van der Waals surface area contributed by atoms with Gasteiger partial charge in [-0.15, -0.1) is 22.7 Å². The molecule has 0 aliphatic heterocycles. The maximum atomic E-state index is 6.15. The van der Waals surface area contributed by atoms with Gasteiger partial charge in [0.25, 0.3) is 0 Å². The molecule has 2 N–H and O–H groups in total. The largest absolute Gasteiger partial charge is 0.322 e. The first kappa shape index (κ1) is 10.4. The summed E-state index contributed by atoms with van der Waals surface area (Å²) in [6.07, 6.45) is 2.54. The van der Waals surface area contributed by atoms with Crippen molar-refractivity contribution in [2.75, 3.05) is 0 Å². The van der Waals surface area contributed by atoms with Crippen LogP contribution in [0.15, 0.2) is 17.5 Å². The lowest BCUT2D eigenvalue weighted by atomic mass is 10.2. The molecule has 2 aromatic rings. The molecule has 0 aromatic carbocycles. The monoisotopic (exact) mass is 250 g/mol. The highest BCUT2D eigenvalue weighted by atomic mass is 32.1. The second-order valence-corrected chi connectivity index (χ2v) is 6.52. The zero-order chi connectivity index (χ0) is 11.1. The number of nitrogens with zero attached hydrogens (tertiary/aromatic N) is 1. The molecule has 1 aliphatic carbocycles. The van der Waals surface area contributed by atoms with Crippen molar-refractivity contribution >= 4 is 22.7 Å². The fourth-order valence-corrected chi connectivity index (χ4v) is 3.60. The second-order valence-electron chi connectivity index (χ2n) is 4.34. The molecule has 1 atom stereocenters. The molecule has 16 heavy (non-hydrogen) atoms. The Hall–Kier alpha value is -0.710. The van der Waals surface area contributed by atoms with Gasteiger partial charge in [0.2, 0.25) is 0 Å². The maximum absolute atomic E-state index is 6.15. The second kappa shape index (κ2) is 3.95. The number of aromatic nitrogens is 1. The van der Waals surface area contributed by atoms with Gasteiger partial charge in [0.15, 0.2) is 0 Å². The number of hydrogen-bond donors (Lipinski definition) is 1. The Bertz CT molecular complexity index is 497. The van der Waals surface area contributed by atoms with Crippen LogP contribution < -0.4 is 5.73 Å². The fraction of sp³-hybridized carbons (Fsp3) is 0.417. The lowest BCUT2D eigenvalue weighted by Gasteiger charge is -2.04. The summed E-state index contributed by atoms with van der Waals surface area (Å²) in [5.74, 6) is 0.684. The zero-order valence-electron chi connectivity index (χ0n) is 9.14. The average Bonchev–Trinajstić information content (AvgIpc) is 2.84. The van der Waals surface area contributed by atoms with Gasteiger partial charge >= 0.3 is 0 Å². The van der Waals surface area contributed by atoms with E-state index in [0.717, 1.165) is 10.7 Å². The molecule has 84 valence electrons. The molecule has 1 unspecified atom stereocenters. The summed E-state index contributed by atoms with van der Waals surface area (Å²) in [4.78, 5) is 7.24. The van der Waals surface area contributed by atoms with E-state index in [1.54, 1.807) is 22.7 Å². The van der Waals surface area contributed by atoms with E-state index in [4.69, 9.17) is 5.73 Å². The van der Waals surface area contributed by atoms with Crippen molar-refractivity contribution in [3.05, 3.63) is 27.4 Å². The summed E-state index contributed by atoms with van der Waals surface area (Å²) in [6, 6.07) is 4.45. The Labute approximate surface area is 103 Å². The van der Waals surface area contributed by atoms with E-state index >= 15 is 0 Å². The van der Waals surface area contributed by atoms with Crippen molar-refractivity contribution in [2.45, 2.75) is 25.8 Å². The molecule has 2 heterocycles. The van der Waals surface area contributed by atoms with Crippen LogP contribution in [-0.4, -0.2) is 4.98 Å². The summed E-state index contributed by atoms with van der Waals surface area (Å²) in [5.41, 5.74) is 7.24. The third-order valence-corrected chi connectivity index (χ3v) is 4.90. The molecule has 0 spiro atoms. The van der Waals surface area contributed by atoms with Crippen LogP contribution in [-0.2, 0) is 0 Å². The van der Waals surface area contributed by atoms with E-state index < -0.39 is 0 Å². The summed E-state index contributed by atoms with van der Waals surface area (Å²) >= 11 is 3.49. The van der Waals surface area contributed by atoms with Gasteiger partial charge in [0.1, 0.15) is 5.01 Å². The van der Waals surface area contributed by atoms with E-state index in [-0.39, 0.29) is 6.04 Å². The molecular formula is C12H14N2S2. The highest BCUT2D eigenvalue weighted by Gasteiger charge is 2.31. The van der Waals surface area contributed by atoms with Crippen LogP contribution in [0.3, 0.4) is 0 Å². The predicted octanol–water partition coefficient (Wildman–Crippen LogP) is 3.59. The first-order valence-electron chi connectivity index (χ1n) is 5.52. The Morgan fingerprint density at radius 1 is 1.44 bits per heavy atom. The van der Waals surface area contributed by atoms with E-state index in [1.165, 1.54) is 22.6 Å². The third-order valence-electron chi connectivity index (χ3n) is 2.93. The molecule has 0 amide bonds. The van der Waals surface area contributed by atoms with Crippen molar-refractivity contribution in [2.24, 2.45) is 11.7 Å². The van der Waals surface area contributed by atoms with Crippen molar-refractivity contribution in [3.8, 4) is 10.6 Å². The molecule has 0 bridgehead atoms. The molecule has 1 aliphatic rings. The third kappa shape index (κ3) is 1.93. The van der Waals surface area contributed by atoms with Crippen LogP contribution in [0.25, 0.3) is 10.6 Å². The molecular weight excluding hydrogens is 236 g/mol. The number of rotatable bonds is 3. The Morgan fingerprint density at radius 3 is 2.88 bits per heavy atom. The molecule has 3 rings (SSSR count). The number of nitrogens with two attached hydrogens (primary N) is 1. The topological polar surface area (TPSA) is 38.9 Å². The summed E-state index contributed by atoms with van der Waals surface area (Å²) in [7, 11) is 0. The van der Waals surface area contributed by atoms with Gasteiger partial charge in [-0.2, -0.15) is 0 Å². The van der Waals surface area contributed by atoms with Crippen LogP contribution in [0.4, 0.5) is 0 Å². The SMILES string of the molecule is Cc1ccc(-c2csc(C(N)C3CC3)n2)s1. The van der Waals surface area contributed by atoms with Gasteiger partial charge in [0.05, 0.1) is 16.6 Å². The molecule has 2 nitrogen and oxygen atoms in total. The first-order valence-corrected chi connectivity index (χ1v) is 7.21. The van der Waals surface area contributed by atoms with E-state index in [0.29, 0.717) is 5.92 Å². The summed E-state index contributed by atoms with van der Waals surface area (Å²) < 4.78 is 0. The minimum atomic E-state index is 0.166. The molecule has 2 aromatic heterocycles. The summed E-state index contributed by atoms with van der Waals surface area (Å²) in [5, 5.41) is 3.23. The lowest BCUT2D eigenvalue weighted by molar-refractivity contribution is 0.629. The predicted molar refractivity (Wildman–Crippen MR) is 69.8 cm³/mol. The molecule has 4 heteroatoms. The van der Waals surface area contributed by atoms with E-state index in [1.807, 2.05) is 0 Å². The molecule has 0 radical (unpaired) electrons. The Kier molecular flexibility index (Phi) is 2.58. The van der Waals surface area contributed by atoms with Crippen LogP contribution in [0, 0.1) is 12.8 Å². The van der Waals surface area contributed by atoms with Gasteiger partial charge < -0.3 is 5.73 Å².